The second kappa shape index (κ2) is 10.1. The maximum absolute atomic E-state index is 13.5. The summed E-state index contributed by atoms with van der Waals surface area (Å²) >= 11 is 0. The van der Waals surface area contributed by atoms with Crippen LogP contribution in [-0.4, -0.2) is 17.1 Å². The van der Waals surface area contributed by atoms with E-state index < -0.39 is 0 Å². The Morgan fingerprint density at radius 1 is 1.18 bits per heavy atom. The van der Waals surface area contributed by atoms with Gasteiger partial charge < -0.3 is 14.5 Å². The van der Waals surface area contributed by atoms with Crippen LogP contribution in [0.25, 0.3) is 22.7 Å². The van der Waals surface area contributed by atoms with E-state index in [0.717, 1.165) is 16.7 Å². The third kappa shape index (κ3) is 5.00. The lowest BCUT2D eigenvalue weighted by molar-refractivity contribution is 0.282. The maximum Gasteiger partial charge on any atom is 0.165 e. The van der Waals surface area contributed by atoms with E-state index in [9.17, 15) is 9.65 Å². The number of hydrogen-bond acceptors (Lipinski definition) is 4. The second-order valence-electron chi connectivity index (χ2n) is 7.90. The molecule has 0 saturated carbocycles. The summed E-state index contributed by atoms with van der Waals surface area (Å²) in [6.45, 7) is 6.30. The largest absolute Gasteiger partial charge is 0.493 e. The minimum Gasteiger partial charge on any atom is -0.493 e. The first-order valence-corrected chi connectivity index (χ1v) is 10.8. The van der Waals surface area contributed by atoms with Crippen LogP contribution in [0.4, 0.5) is 4.39 Å². The molecule has 0 saturated heterocycles. The number of rotatable bonds is 8. The van der Waals surface area contributed by atoms with Crippen molar-refractivity contribution in [2.45, 2.75) is 20.0 Å². The Morgan fingerprint density at radius 3 is 2.68 bits per heavy atom. The van der Waals surface area contributed by atoms with Gasteiger partial charge >= 0.3 is 0 Å². The van der Waals surface area contributed by atoms with Gasteiger partial charge in [0.15, 0.2) is 11.5 Å². The molecule has 0 amide bonds. The van der Waals surface area contributed by atoms with E-state index in [4.69, 9.17) is 9.47 Å². The molecule has 0 aliphatic heterocycles. The van der Waals surface area contributed by atoms with E-state index in [2.05, 4.69) is 22.6 Å². The molecule has 0 unspecified atom stereocenters. The maximum atomic E-state index is 13.5. The van der Waals surface area contributed by atoms with Crippen LogP contribution < -0.4 is 9.47 Å². The Labute approximate surface area is 197 Å². The van der Waals surface area contributed by atoms with Crippen LogP contribution in [0, 0.1) is 24.1 Å². The first-order chi connectivity index (χ1) is 16.5. The topological polar surface area (TPSA) is 70.9 Å². The van der Waals surface area contributed by atoms with E-state index >= 15 is 0 Å². The van der Waals surface area contributed by atoms with Crippen LogP contribution in [0.1, 0.15) is 28.1 Å². The molecule has 0 aliphatic rings. The van der Waals surface area contributed by atoms with Gasteiger partial charge in [0.2, 0.25) is 0 Å². The van der Waals surface area contributed by atoms with Gasteiger partial charge in [-0.15, -0.1) is 6.58 Å². The number of fused-ring (bicyclic) bond motifs is 1. The molecule has 34 heavy (non-hydrogen) atoms. The van der Waals surface area contributed by atoms with E-state index in [0.29, 0.717) is 47.0 Å². The van der Waals surface area contributed by atoms with Crippen LogP contribution in [0.2, 0.25) is 0 Å². The molecule has 1 N–H and O–H groups in total. The predicted octanol–water partition coefficient (Wildman–Crippen LogP) is 6.39. The van der Waals surface area contributed by atoms with Crippen molar-refractivity contribution in [2.24, 2.45) is 0 Å². The Kier molecular flexibility index (Phi) is 6.74. The number of imidazole rings is 1. The van der Waals surface area contributed by atoms with Crippen molar-refractivity contribution in [2.75, 3.05) is 7.11 Å². The van der Waals surface area contributed by atoms with Crippen LogP contribution in [0.15, 0.2) is 67.3 Å². The lowest BCUT2D eigenvalue weighted by Crippen LogP contribution is -2.02. The molecule has 4 aromatic rings. The Balaban J connectivity index is 1.69. The van der Waals surface area contributed by atoms with Crippen molar-refractivity contribution in [1.29, 1.82) is 5.26 Å². The summed E-state index contributed by atoms with van der Waals surface area (Å²) in [5, 5.41) is 9.78. The highest BCUT2D eigenvalue weighted by atomic mass is 19.1. The van der Waals surface area contributed by atoms with Gasteiger partial charge in [0.1, 0.15) is 24.3 Å². The number of methoxy groups -OCH3 is 1. The molecular weight excluding hydrogens is 429 g/mol. The molecule has 0 aliphatic carbocycles. The van der Waals surface area contributed by atoms with Gasteiger partial charge in [0, 0.05) is 5.56 Å². The van der Waals surface area contributed by atoms with E-state index in [1.165, 1.54) is 17.7 Å². The molecule has 0 bridgehead atoms. The molecule has 3 aromatic carbocycles. The number of hydrogen-bond donors (Lipinski definition) is 1. The van der Waals surface area contributed by atoms with E-state index in [1.807, 2.05) is 43.3 Å². The van der Waals surface area contributed by atoms with Crippen LogP contribution in [0.5, 0.6) is 11.5 Å². The van der Waals surface area contributed by atoms with Gasteiger partial charge in [-0.2, -0.15) is 5.26 Å². The summed E-state index contributed by atoms with van der Waals surface area (Å²) in [4.78, 5) is 7.44. The number of nitrogens with one attached hydrogen (secondary N) is 1. The molecule has 6 heteroatoms. The van der Waals surface area contributed by atoms with Gasteiger partial charge in [0.25, 0.3) is 0 Å². The molecule has 1 aromatic heterocycles. The summed E-state index contributed by atoms with van der Waals surface area (Å²) in [7, 11) is 1.58. The SMILES string of the molecule is C=CCc1cc(/C=C(/C#N)c2nc3ccc(F)cc3[nH]2)cc(OC)c1OCc1ccc(C)cc1. The number of halogens is 1. The van der Waals surface area contributed by atoms with Crippen LogP contribution in [0.3, 0.4) is 0 Å². The van der Waals surface area contributed by atoms with Crippen LogP contribution >= 0.6 is 0 Å². The summed E-state index contributed by atoms with van der Waals surface area (Å²) < 4.78 is 25.3. The first kappa shape index (κ1) is 22.8. The van der Waals surface area contributed by atoms with Gasteiger partial charge in [-0.05, 0) is 60.9 Å². The molecule has 1 heterocycles. The van der Waals surface area contributed by atoms with Crippen molar-refractivity contribution >= 4 is 22.7 Å². The van der Waals surface area contributed by atoms with Gasteiger partial charge in [-0.1, -0.05) is 35.9 Å². The average molecular weight is 454 g/mol. The molecule has 0 radical (unpaired) electrons. The zero-order valence-corrected chi connectivity index (χ0v) is 19.1. The number of nitriles is 1. The van der Waals surface area contributed by atoms with E-state index in [1.54, 1.807) is 25.3 Å². The van der Waals surface area contributed by atoms with Crippen molar-refractivity contribution in [1.82, 2.24) is 9.97 Å². The smallest absolute Gasteiger partial charge is 0.165 e. The van der Waals surface area contributed by atoms with Crippen LogP contribution in [-0.2, 0) is 13.0 Å². The molecule has 5 nitrogen and oxygen atoms in total. The summed E-state index contributed by atoms with van der Waals surface area (Å²) in [6.07, 6.45) is 4.07. The molecule has 170 valence electrons. The fraction of sp³-hybridized carbons (Fsp3) is 0.143. The third-order valence-corrected chi connectivity index (χ3v) is 5.37. The zero-order valence-electron chi connectivity index (χ0n) is 19.1. The first-order valence-electron chi connectivity index (χ1n) is 10.8. The predicted molar refractivity (Wildman–Crippen MR) is 132 cm³/mol. The minimum atomic E-state index is -0.370. The van der Waals surface area contributed by atoms with Crippen molar-refractivity contribution in [3.05, 3.63) is 101 Å². The number of benzene rings is 3. The quantitative estimate of drug-likeness (QED) is 0.248. The highest BCUT2D eigenvalue weighted by Crippen LogP contribution is 2.35. The lowest BCUT2D eigenvalue weighted by atomic mass is 10.0. The highest BCUT2D eigenvalue weighted by Gasteiger charge is 2.14. The lowest BCUT2D eigenvalue weighted by Gasteiger charge is -2.16. The minimum absolute atomic E-state index is 0.316. The van der Waals surface area contributed by atoms with Gasteiger partial charge in [-0.3, -0.25) is 0 Å². The third-order valence-electron chi connectivity index (χ3n) is 5.37. The fourth-order valence-electron chi connectivity index (χ4n) is 3.66. The van der Waals surface area contributed by atoms with Crippen molar-refractivity contribution in [3.8, 4) is 17.6 Å². The molecule has 0 fully saturated rings. The molecule has 0 spiro atoms. The number of ether oxygens (including phenoxy) is 2. The number of aromatic nitrogens is 2. The average Bonchev–Trinajstić information content (AvgIpc) is 3.25. The summed E-state index contributed by atoms with van der Waals surface area (Å²) in [6, 6.07) is 18.4. The van der Waals surface area contributed by atoms with Gasteiger partial charge in [0.05, 0.1) is 23.7 Å². The molecule has 4 rings (SSSR count). The number of H-pyrrole nitrogens is 1. The van der Waals surface area contributed by atoms with Gasteiger partial charge in [-0.25, -0.2) is 9.37 Å². The molecule has 0 atom stereocenters. The Hall–Kier alpha value is -4.37. The summed E-state index contributed by atoms with van der Waals surface area (Å²) in [5.74, 6) is 1.19. The summed E-state index contributed by atoms with van der Waals surface area (Å²) in [5.41, 5.74) is 5.30. The van der Waals surface area contributed by atoms with Crippen molar-refractivity contribution < 1.29 is 13.9 Å². The zero-order chi connectivity index (χ0) is 24.1. The van der Waals surface area contributed by atoms with Crippen molar-refractivity contribution in [3.63, 3.8) is 0 Å². The number of allylic oxidation sites excluding steroid dienone is 2. The molecular formula is C28H24FN3O2. The monoisotopic (exact) mass is 453 g/mol. The normalized spacial score (nSPS) is 11.3. The highest BCUT2D eigenvalue weighted by molar-refractivity contribution is 5.90. The second-order valence-corrected chi connectivity index (χ2v) is 7.90. The fourth-order valence-corrected chi connectivity index (χ4v) is 3.66. The number of aryl methyl sites for hydroxylation is 1. The standard InChI is InChI=1S/C28H24FN3O2/c1-4-5-21-12-20(13-22(16-30)28-31-24-11-10-23(29)15-25(24)32-28)14-26(33-3)27(21)34-17-19-8-6-18(2)7-9-19/h4,6-15H,1,5,17H2,2-3H3,(H,31,32)/b22-13-. The number of aromatic amines is 1. The Bertz CT molecular complexity index is 1410. The Morgan fingerprint density at radius 2 is 1.97 bits per heavy atom. The number of nitrogens with zero attached hydrogens (tertiary/aromatic N) is 2. The van der Waals surface area contributed by atoms with E-state index in [-0.39, 0.29) is 5.82 Å².